The molecule has 4 N–H and O–H groups in total. The second kappa shape index (κ2) is 9.36. The first-order valence-corrected chi connectivity index (χ1v) is 9.03. The highest BCUT2D eigenvalue weighted by Crippen LogP contribution is 2.10. The zero-order chi connectivity index (χ0) is 19.8. The van der Waals surface area contributed by atoms with Gasteiger partial charge in [0.25, 0.3) is 0 Å². The van der Waals surface area contributed by atoms with E-state index in [0.29, 0.717) is 24.6 Å². The van der Waals surface area contributed by atoms with E-state index in [4.69, 9.17) is 5.73 Å². The van der Waals surface area contributed by atoms with Crippen LogP contribution in [0.4, 0.5) is 0 Å². The fourth-order valence-corrected chi connectivity index (χ4v) is 2.82. The number of carbonyl (C=O) groups excluding carboxylic acids is 1. The predicted molar refractivity (Wildman–Crippen MR) is 110 cm³/mol. The zero-order valence-electron chi connectivity index (χ0n) is 15.8. The van der Waals surface area contributed by atoms with Crippen LogP contribution in [0.1, 0.15) is 27.0 Å². The molecule has 0 spiro atoms. The lowest BCUT2D eigenvalue weighted by atomic mass is 10.1. The Morgan fingerprint density at radius 1 is 1.04 bits per heavy atom. The minimum atomic E-state index is -0.425. The van der Waals surface area contributed by atoms with Gasteiger partial charge < -0.3 is 16.4 Å². The van der Waals surface area contributed by atoms with Crippen molar-refractivity contribution in [2.45, 2.75) is 19.6 Å². The molecule has 0 aliphatic heterocycles. The number of carbonyl (C=O) groups is 1. The molecule has 0 bridgehead atoms. The van der Waals surface area contributed by atoms with Crippen LogP contribution in [0.25, 0.3) is 0 Å². The number of nitrogens with two attached hydrogens (primary N) is 1. The molecular formula is C21H24N6O. The molecule has 0 aliphatic rings. The summed E-state index contributed by atoms with van der Waals surface area (Å²) in [6.45, 7) is 1.97. The fraction of sp³-hybridized carbons (Fsp3) is 0.190. The summed E-state index contributed by atoms with van der Waals surface area (Å²) in [6, 6.07) is 17.4. The Hall–Kier alpha value is -3.61. The monoisotopic (exact) mass is 376 g/mol. The van der Waals surface area contributed by atoms with Crippen LogP contribution in [-0.2, 0) is 19.6 Å². The number of hydrogen-bond donors (Lipinski definition) is 3. The first-order chi connectivity index (χ1) is 13.7. The van der Waals surface area contributed by atoms with E-state index >= 15 is 0 Å². The van der Waals surface area contributed by atoms with Crippen molar-refractivity contribution in [2.75, 3.05) is 7.05 Å². The number of rotatable bonds is 7. The van der Waals surface area contributed by atoms with Crippen LogP contribution in [-0.4, -0.2) is 28.7 Å². The van der Waals surface area contributed by atoms with Gasteiger partial charge in [-0.1, -0.05) is 36.4 Å². The van der Waals surface area contributed by atoms with E-state index < -0.39 is 5.91 Å². The summed E-state index contributed by atoms with van der Waals surface area (Å²) in [5.74, 6) is 0.277. The average molecular weight is 376 g/mol. The molecule has 3 rings (SSSR count). The topological polar surface area (TPSA) is 97.3 Å². The number of primary amides is 1. The van der Waals surface area contributed by atoms with Crippen molar-refractivity contribution in [3.05, 3.63) is 89.2 Å². The summed E-state index contributed by atoms with van der Waals surface area (Å²) in [6.07, 6.45) is 3.73. The number of nitrogens with zero attached hydrogens (tertiary/aromatic N) is 3. The molecule has 28 heavy (non-hydrogen) atoms. The maximum atomic E-state index is 11.1. The minimum absolute atomic E-state index is 0.425. The zero-order valence-corrected chi connectivity index (χ0v) is 15.8. The first kappa shape index (κ1) is 19.2. The van der Waals surface area contributed by atoms with Crippen molar-refractivity contribution < 1.29 is 4.79 Å². The molecule has 0 saturated carbocycles. The predicted octanol–water partition coefficient (Wildman–Crippen LogP) is 1.90. The van der Waals surface area contributed by atoms with Gasteiger partial charge in [0.05, 0.1) is 6.54 Å². The van der Waals surface area contributed by atoms with Crippen LogP contribution in [0.15, 0.2) is 72.0 Å². The van der Waals surface area contributed by atoms with Gasteiger partial charge in [0.15, 0.2) is 5.96 Å². The molecule has 1 aromatic heterocycles. The van der Waals surface area contributed by atoms with E-state index in [1.54, 1.807) is 25.4 Å². The van der Waals surface area contributed by atoms with Gasteiger partial charge in [-0.15, -0.1) is 0 Å². The van der Waals surface area contributed by atoms with E-state index in [2.05, 4.69) is 32.9 Å². The van der Waals surface area contributed by atoms with E-state index in [1.807, 2.05) is 41.2 Å². The molecule has 0 atom stereocenters. The second-order valence-corrected chi connectivity index (χ2v) is 6.31. The van der Waals surface area contributed by atoms with E-state index in [9.17, 15) is 4.79 Å². The van der Waals surface area contributed by atoms with Crippen molar-refractivity contribution >= 4 is 11.9 Å². The van der Waals surface area contributed by atoms with E-state index in [0.717, 1.165) is 12.1 Å². The number of benzene rings is 2. The van der Waals surface area contributed by atoms with Gasteiger partial charge in [0.1, 0.15) is 0 Å². The van der Waals surface area contributed by atoms with E-state index in [-0.39, 0.29) is 0 Å². The van der Waals surface area contributed by atoms with Gasteiger partial charge in [-0.2, -0.15) is 5.10 Å². The SMILES string of the molecule is CN=C(NCc1ccc(C(N)=O)cc1)NCc1ccccc1Cn1cccn1. The Labute approximate surface area is 164 Å². The highest BCUT2D eigenvalue weighted by Gasteiger charge is 2.05. The van der Waals surface area contributed by atoms with Gasteiger partial charge in [-0.3, -0.25) is 14.5 Å². The average Bonchev–Trinajstić information content (AvgIpc) is 3.22. The fourth-order valence-electron chi connectivity index (χ4n) is 2.82. The summed E-state index contributed by atoms with van der Waals surface area (Å²) in [5.41, 5.74) is 9.19. The number of aliphatic imine (C=N–C) groups is 1. The third kappa shape index (κ3) is 5.20. The van der Waals surface area contributed by atoms with Crippen molar-refractivity contribution in [3.63, 3.8) is 0 Å². The molecule has 144 valence electrons. The summed E-state index contributed by atoms with van der Waals surface area (Å²) < 4.78 is 1.90. The molecule has 0 saturated heterocycles. The Morgan fingerprint density at radius 3 is 2.39 bits per heavy atom. The Kier molecular flexibility index (Phi) is 6.41. The number of hydrogen-bond acceptors (Lipinski definition) is 3. The number of guanidine groups is 1. The standard InChI is InChI=1S/C21H24N6O/c1-23-21(24-13-16-7-9-17(10-8-16)20(22)28)25-14-18-5-2-3-6-19(18)15-27-12-4-11-26-27/h2-12H,13-15H2,1H3,(H2,22,28)(H2,23,24,25). The van der Waals surface area contributed by atoms with Crippen molar-refractivity contribution in [1.29, 1.82) is 0 Å². The van der Waals surface area contributed by atoms with Crippen LogP contribution < -0.4 is 16.4 Å². The van der Waals surface area contributed by atoms with Gasteiger partial charge in [0.2, 0.25) is 5.91 Å². The van der Waals surface area contributed by atoms with Crippen LogP contribution >= 0.6 is 0 Å². The largest absolute Gasteiger partial charge is 0.366 e. The molecule has 2 aromatic carbocycles. The van der Waals surface area contributed by atoms with Gasteiger partial charge >= 0.3 is 0 Å². The van der Waals surface area contributed by atoms with Crippen molar-refractivity contribution in [3.8, 4) is 0 Å². The lowest BCUT2D eigenvalue weighted by Crippen LogP contribution is -2.36. The van der Waals surface area contributed by atoms with Crippen molar-refractivity contribution in [2.24, 2.45) is 10.7 Å². The number of nitrogens with one attached hydrogen (secondary N) is 2. The molecule has 0 aliphatic carbocycles. The van der Waals surface area contributed by atoms with Crippen molar-refractivity contribution in [1.82, 2.24) is 20.4 Å². The quantitative estimate of drug-likeness (QED) is 0.433. The summed E-state index contributed by atoms with van der Waals surface area (Å²) >= 11 is 0. The Bertz CT molecular complexity index is 932. The molecule has 7 heteroatoms. The van der Waals surface area contributed by atoms with Gasteiger partial charge in [-0.05, 0) is 34.9 Å². The molecule has 3 aromatic rings. The van der Waals surface area contributed by atoms with Crippen LogP contribution in [0.3, 0.4) is 0 Å². The lowest BCUT2D eigenvalue weighted by Gasteiger charge is -2.14. The molecule has 0 unspecified atom stereocenters. The summed E-state index contributed by atoms with van der Waals surface area (Å²) in [7, 11) is 1.74. The number of aromatic nitrogens is 2. The first-order valence-electron chi connectivity index (χ1n) is 9.03. The third-order valence-electron chi connectivity index (χ3n) is 4.38. The number of amides is 1. The molecule has 1 amide bonds. The molecule has 0 fully saturated rings. The lowest BCUT2D eigenvalue weighted by molar-refractivity contribution is 0.100. The Morgan fingerprint density at radius 2 is 1.75 bits per heavy atom. The minimum Gasteiger partial charge on any atom is -0.366 e. The van der Waals surface area contributed by atoms with Crippen LogP contribution in [0.2, 0.25) is 0 Å². The molecule has 0 radical (unpaired) electrons. The van der Waals surface area contributed by atoms with Gasteiger partial charge in [0, 0.05) is 38.1 Å². The smallest absolute Gasteiger partial charge is 0.248 e. The molecular weight excluding hydrogens is 352 g/mol. The van der Waals surface area contributed by atoms with Gasteiger partial charge in [-0.25, -0.2) is 0 Å². The normalized spacial score (nSPS) is 11.2. The Balaban J connectivity index is 1.56. The highest BCUT2D eigenvalue weighted by molar-refractivity contribution is 5.92. The van der Waals surface area contributed by atoms with Crippen LogP contribution in [0.5, 0.6) is 0 Å². The maximum Gasteiger partial charge on any atom is 0.248 e. The highest BCUT2D eigenvalue weighted by atomic mass is 16.1. The summed E-state index contributed by atoms with van der Waals surface area (Å²) in [4.78, 5) is 15.4. The molecule has 1 heterocycles. The second-order valence-electron chi connectivity index (χ2n) is 6.31. The molecule has 7 nitrogen and oxygen atoms in total. The maximum absolute atomic E-state index is 11.1. The summed E-state index contributed by atoms with van der Waals surface area (Å²) in [5, 5.41) is 10.9. The van der Waals surface area contributed by atoms with Crippen LogP contribution in [0, 0.1) is 0 Å². The van der Waals surface area contributed by atoms with E-state index in [1.165, 1.54) is 11.1 Å². The third-order valence-corrected chi connectivity index (χ3v) is 4.38.